The van der Waals surface area contributed by atoms with Crippen LogP contribution in [0.3, 0.4) is 0 Å². The van der Waals surface area contributed by atoms with Gasteiger partial charge in [-0.25, -0.2) is 5.06 Å². The van der Waals surface area contributed by atoms with Crippen molar-refractivity contribution in [1.29, 1.82) is 0 Å². The number of benzene rings is 2. The minimum Gasteiger partial charge on any atom is -0.273 e. The molecule has 0 N–H and O–H groups in total. The van der Waals surface area contributed by atoms with Crippen LogP contribution in [0.2, 0.25) is 0 Å². The van der Waals surface area contributed by atoms with Crippen LogP contribution in [0, 0.1) is 0 Å². The zero-order chi connectivity index (χ0) is 13.0. The van der Waals surface area contributed by atoms with Crippen molar-refractivity contribution in [2.75, 3.05) is 0 Å². The Morgan fingerprint density at radius 3 is 1.89 bits per heavy atom. The van der Waals surface area contributed by atoms with E-state index in [1.165, 1.54) is 27.3 Å². The van der Waals surface area contributed by atoms with Crippen LogP contribution in [-0.4, -0.2) is 11.0 Å². The summed E-state index contributed by atoms with van der Waals surface area (Å²) < 4.78 is 0. The molecule has 0 aromatic heterocycles. The summed E-state index contributed by atoms with van der Waals surface area (Å²) >= 11 is 0. The first-order valence-corrected chi connectivity index (χ1v) is 6.41. The third kappa shape index (κ3) is 1.33. The van der Waals surface area contributed by atoms with E-state index in [0.717, 1.165) is 0 Å². The highest BCUT2D eigenvalue weighted by Gasteiger charge is 2.44. The van der Waals surface area contributed by atoms with E-state index in [-0.39, 0.29) is 18.1 Å². The molecule has 3 aliphatic rings. The molecule has 0 spiro atoms. The zero-order valence-electron chi connectivity index (χ0n) is 10.5. The summed E-state index contributed by atoms with van der Waals surface area (Å²) in [5.74, 6) is -0.0565. The number of fused-ring (bicyclic) bond motifs is 1. The van der Waals surface area contributed by atoms with E-state index < -0.39 is 0 Å². The van der Waals surface area contributed by atoms with Gasteiger partial charge in [0.2, 0.25) is 5.91 Å². The topological polar surface area (TPSA) is 29.5 Å². The van der Waals surface area contributed by atoms with E-state index in [4.69, 9.17) is 4.84 Å². The lowest BCUT2D eigenvalue weighted by Gasteiger charge is -2.46. The van der Waals surface area contributed by atoms with Gasteiger partial charge in [0.05, 0.1) is 0 Å². The second-order valence-electron chi connectivity index (χ2n) is 4.99. The molecule has 1 aliphatic carbocycles. The summed E-state index contributed by atoms with van der Waals surface area (Å²) in [6.07, 6.45) is -0.165. The normalized spacial score (nSPS) is 22.9. The fourth-order valence-electron chi connectivity index (χ4n) is 3.13. The van der Waals surface area contributed by atoms with Crippen molar-refractivity contribution >= 4 is 5.91 Å². The summed E-state index contributed by atoms with van der Waals surface area (Å²) in [4.78, 5) is 17.7. The lowest BCUT2D eigenvalue weighted by Crippen LogP contribution is -2.44. The number of carbonyl (C=O) groups excluding carboxylic acids is 1. The molecule has 2 aromatic carbocycles. The first kappa shape index (κ1) is 10.8. The van der Waals surface area contributed by atoms with Crippen LogP contribution >= 0.6 is 0 Å². The molecule has 2 heterocycles. The Morgan fingerprint density at radius 1 is 0.947 bits per heavy atom. The van der Waals surface area contributed by atoms with Crippen LogP contribution in [0.1, 0.15) is 41.3 Å². The van der Waals surface area contributed by atoms with Gasteiger partial charge in [0.1, 0.15) is 12.1 Å². The number of nitrogens with zero attached hydrogens (tertiary/aromatic N) is 1. The molecule has 0 saturated carbocycles. The molecule has 0 radical (unpaired) electrons. The molecule has 0 fully saturated rings. The Hall–Kier alpha value is -2.13. The highest BCUT2D eigenvalue weighted by atomic mass is 16.7. The maximum Gasteiger partial charge on any atom is 0.243 e. The van der Waals surface area contributed by atoms with Gasteiger partial charge in [-0.2, -0.15) is 0 Å². The summed E-state index contributed by atoms with van der Waals surface area (Å²) in [6, 6.07) is 16.3. The maximum absolute atomic E-state index is 11.8. The third-order valence-corrected chi connectivity index (χ3v) is 3.91. The fourth-order valence-corrected chi connectivity index (χ4v) is 3.13. The van der Waals surface area contributed by atoms with Crippen molar-refractivity contribution in [2.24, 2.45) is 0 Å². The molecule has 94 valence electrons. The smallest absolute Gasteiger partial charge is 0.243 e. The van der Waals surface area contributed by atoms with Gasteiger partial charge in [0, 0.05) is 6.92 Å². The van der Waals surface area contributed by atoms with Crippen LogP contribution in [0.4, 0.5) is 0 Å². The number of hydroxylamine groups is 2. The molecule has 3 nitrogen and oxygen atoms in total. The third-order valence-electron chi connectivity index (χ3n) is 3.91. The van der Waals surface area contributed by atoms with Crippen LogP contribution in [-0.2, 0) is 9.63 Å². The first-order chi connectivity index (χ1) is 9.27. The van der Waals surface area contributed by atoms with Gasteiger partial charge in [0.15, 0.2) is 0 Å². The molecule has 2 aliphatic heterocycles. The van der Waals surface area contributed by atoms with E-state index in [1.54, 1.807) is 6.92 Å². The molecular formula is C16H13NO2. The lowest BCUT2D eigenvalue weighted by atomic mass is 9.79. The number of hydrogen-bond acceptors (Lipinski definition) is 2. The number of amides is 1. The minimum atomic E-state index is -0.165. The molecule has 19 heavy (non-hydrogen) atoms. The number of rotatable bonds is 0. The van der Waals surface area contributed by atoms with Gasteiger partial charge >= 0.3 is 0 Å². The SMILES string of the molecule is CC(=O)N1OC2c3ccccc3C1c1ccccc12. The molecule has 2 bridgehead atoms. The minimum absolute atomic E-state index is 0.0565. The number of hydrogen-bond donors (Lipinski definition) is 0. The predicted octanol–water partition coefficient (Wildman–Crippen LogP) is 2.97. The Morgan fingerprint density at radius 2 is 1.42 bits per heavy atom. The van der Waals surface area contributed by atoms with E-state index in [0.29, 0.717) is 0 Å². The van der Waals surface area contributed by atoms with Crippen LogP contribution in [0.15, 0.2) is 48.5 Å². The molecule has 5 rings (SSSR count). The van der Waals surface area contributed by atoms with Gasteiger partial charge in [-0.1, -0.05) is 48.5 Å². The Kier molecular flexibility index (Phi) is 2.09. The second kappa shape index (κ2) is 3.68. The fraction of sp³-hybridized carbons (Fsp3) is 0.188. The average Bonchev–Trinajstić information content (AvgIpc) is 2.47. The van der Waals surface area contributed by atoms with Crippen molar-refractivity contribution in [3.8, 4) is 0 Å². The van der Waals surface area contributed by atoms with Gasteiger partial charge in [-0.3, -0.25) is 9.63 Å². The Balaban J connectivity index is 2.01. The first-order valence-electron chi connectivity index (χ1n) is 6.41. The largest absolute Gasteiger partial charge is 0.273 e. The summed E-state index contributed by atoms with van der Waals surface area (Å²) in [7, 11) is 0. The summed E-state index contributed by atoms with van der Waals surface area (Å²) in [6.45, 7) is 1.55. The highest BCUT2D eigenvalue weighted by Crippen LogP contribution is 2.50. The average molecular weight is 251 g/mol. The van der Waals surface area contributed by atoms with Crippen LogP contribution in [0.25, 0.3) is 0 Å². The highest BCUT2D eigenvalue weighted by molar-refractivity contribution is 5.74. The molecule has 0 atom stereocenters. The lowest BCUT2D eigenvalue weighted by molar-refractivity contribution is -0.225. The van der Waals surface area contributed by atoms with Crippen molar-refractivity contribution in [2.45, 2.75) is 19.1 Å². The van der Waals surface area contributed by atoms with Crippen molar-refractivity contribution in [3.05, 3.63) is 70.8 Å². The number of carbonyl (C=O) groups is 1. The van der Waals surface area contributed by atoms with E-state index in [9.17, 15) is 4.79 Å². The van der Waals surface area contributed by atoms with Gasteiger partial charge in [-0.15, -0.1) is 0 Å². The molecule has 0 saturated heterocycles. The molecule has 2 aromatic rings. The van der Waals surface area contributed by atoms with Crippen molar-refractivity contribution in [1.82, 2.24) is 5.06 Å². The van der Waals surface area contributed by atoms with Crippen LogP contribution < -0.4 is 0 Å². The molecule has 0 unspecified atom stereocenters. The molecule has 1 amide bonds. The summed E-state index contributed by atoms with van der Waals surface area (Å²) in [5, 5.41) is 1.51. The quantitative estimate of drug-likeness (QED) is 0.720. The summed E-state index contributed by atoms with van der Waals surface area (Å²) in [5.41, 5.74) is 4.69. The second-order valence-corrected chi connectivity index (χ2v) is 4.99. The monoisotopic (exact) mass is 251 g/mol. The van der Waals surface area contributed by atoms with Crippen molar-refractivity contribution in [3.63, 3.8) is 0 Å². The Labute approximate surface area is 111 Å². The zero-order valence-corrected chi connectivity index (χ0v) is 10.5. The molecular weight excluding hydrogens is 238 g/mol. The maximum atomic E-state index is 11.8. The van der Waals surface area contributed by atoms with Gasteiger partial charge < -0.3 is 0 Å². The van der Waals surface area contributed by atoms with Gasteiger partial charge in [0.25, 0.3) is 0 Å². The predicted molar refractivity (Wildman–Crippen MR) is 70.2 cm³/mol. The molecule has 3 heteroatoms. The van der Waals surface area contributed by atoms with E-state index >= 15 is 0 Å². The van der Waals surface area contributed by atoms with E-state index in [2.05, 4.69) is 24.3 Å². The van der Waals surface area contributed by atoms with Crippen LogP contribution in [0.5, 0.6) is 0 Å². The van der Waals surface area contributed by atoms with Crippen molar-refractivity contribution < 1.29 is 9.63 Å². The van der Waals surface area contributed by atoms with Gasteiger partial charge in [-0.05, 0) is 22.3 Å². The standard InChI is InChI=1S/C16H13NO2/c1-10(18)17-15-11-6-2-4-8-13(11)16(19-17)14-9-5-3-7-12(14)15/h2-9,15-16H,1H3. The Bertz CT molecular complexity index is 632. The van der Waals surface area contributed by atoms with E-state index in [1.807, 2.05) is 24.3 Å².